The minimum Gasteiger partial charge on any atom is -0.455 e. The Kier molecular flexibility index (Phi) is 3.20. The van der Waals surface area contributed by atoms with Crippen LogP contribution in [0.1, 0.15) is 0 Å². The van der Waals surface area contributed by atoms with Gasteiger partial charge in [-0.15, -0.1) is 11.3 Å². The molecule has 0 spiro atoms. The molecule has 35 heavy (non-hydrogen) atoms. The number of hydrogen-bond donors (Lipinski definition) is 0. The maximum Gasteiger partial charge on any atom is 0.145 e. The van der Waals surface area contributed by atoms with E-state index in [4.69, 9.17) is 4.42 Å². The van der Waals surface area contributed by atoms with Crippen molar-refractivity contribution >= 4 is 91.4 Å². The molecule has 0 atom stereocenters. The van der Waals surface area contributed by atoms with E-state index >= 15 is 0 Å². The van der Waals surface area contributed by atoms with Crippen LogP contribution in [0.25, 0.3) is 80.1 Å². The van der Waals surface area contributed by atoms with Crippen molar-refractivity contribution in [3.63, 3.8) is 0 Å². The van der Waals surface area contributed by atoms with Crippen LogP contribution in [0.5, 0.6) is 0 Å². The molecular weight excluding hydrogens is 446 g/mol. The lowest BCUT2D eigenvalue weighted by atomic mass is 9.97. The van der Waals surface area contributed by atoms with Crippen LogP contribution >= 0.6 is 11.3 Å². The number of nitrogens with zero attached hydrogens (tertiary/aromatic N) is 1. The lowest BCUT2D eigenvalue weighted by molar-refractivity contribution is 0.673. The monoisotopic (exact) mass is 463 g/mol. The molecule has 0 unspecified atom stereocenters. The number of benzene rings is 5. The van der Waals surface area contributed by atoms with Gasteiger partial charge >= 0.3 is 0 Å². The second-order valence-electron chi connectivity index (χ2n) is 9.33. The van der Waals surface area contributed by atoms with E-state index < -0.39 is 0 Å². The van der Waals surface area contributed by atoms with Crippen molar-refractivity contribution in [2.24, 2.45) is 0 Å². The molecule has 0 N–H and O–H groups in total. The number of rotatable bonds is 0. The van der Waals surface area contributed by atoms with E-state index in [-0.39, 0.29) is 0 Å². The molecule has 0 aliphatic carbocycles. The highest BCUT2D eigenvalue weighted by Crippen LogP contribution is 2.46. The SMILES string of the molecule is c1ccc2c(c1)cn1c3ccc4c5ccccc5oc4c3c3ccc4sc5ccccc5c4c3c21. The van der Waals surface area contributed by atoms with Crippen LogP contribution in [0.4, 0.5) is 0 Å². The van der Waals surface area contributed by atoms with Gasteiger partial charge in [0.15, 0.2) is 0 Å². The fourth-order valence-corrected chi connectivity index (χ4v) is 7.23. The Morgan fingerprint density at radius 3 is 2.26 bits per heavy atom. The second-order valence-corrected chi connectivity index (χ2v) is 10.4. The predicted molar refractivity (Wildman–Crippen MR) is 150 cm³/mol. The molecule has 0 radical (unpaired) electrons. The number of furan rings is 1. The van der Waals surface area contributed by atoms with Gasteiger partial charge < -0.3 is 8.82 Å². The minimum atomic E-state index is 0.933. The van der Waals surface area contributed by atoms with Gasteiger partial charge in [-0.2, -0.15) is 0 Å². The van der Waals surface area contributed by atoms with Gasteiger partial charge in [-0.05, 0) is 35.7 Å². The van der Waals surface area contributed by atoms with E-state index in [0.29, 0.717) is 0 Å². The zero-order valence-electron chi connectivity index (χ0n) is 18.6. The van der Waals surface area contributed by atoms with E-state index in [0.717, 1.165) is 16.6 Å². The summed E-state index contributed by atoms with van der Waals surface area (Å²) in [6.07, 6.45) is 2.29. The zero-order valence-corrected chi connectivity index (χ0v) is 19.4. The first-order chi connectivity index (χ1) is 17.4. The number of pyridine rings is 1. The van der Waals surface area contributed by atoms with Crippen LogP contribution in [-0.4, -0.2) is 4.40 Å². The third-order valence-corrected chi connectivity index (χ3v) is 8.70. The summed E-state index contributed by atoms with van der Waals surface area (Å²) in [5.74, 6) is 0. The van der Waals surface area contributed by atoms with Crippen molar-refractivity contribution in [1.29, 1.82) is 0 Å². The maximum atomic E-state index is 6.57. The van der Waals surface area contributed by atoms with E-state index in [1.807, 2.05) is 17.4 Å². The summed E-state index contributed by atoms with van der Waals surface area (Å²) in [7, 11) is 0. The second kappa shape index (κ2) is 6.21. The van der Waals surface area contributed by atoms with E-state index in [1.165, 1.54) is 63.5 Å². The molecule has 0 aliphatic rings. The lowest BCUT2D eigenvalue weighted by Gasteiger charge is -2.12. The van der Waals surface area contributed by atoms with Gasteiger partial charge in [-0.1, -0.05) is 66.7 Å². The molecule has 0 saturated carbocycles. The van der Waals surface area contributed by atoms with Gasteiger partial charge in [-0.3, -0.25) is 0 Å². The zero-order chi connectivity index (χ0) is 22.7. The van der Waals surface area contributed by atoms with Crippen LogP contribution in [0.2, 0.25) is 0 Å². The highest BCUT2D eigenvalue weighted by molar-refractivity contribution is 7.26. The molecule has 4 heterocycles. The van der Waals surface area contributed by atoms with E-state index in [1.54, 1.807) is 0 Å². The lowest BCUT2D eigenvalue weighted by Crippen LogP contribution is -1.90. The molecule has 0 saturated heterocycles. The minimum absolute atomic E-state index is 0.933. The average Bonchev–Trinajstić information content (AvgIpc) is 3.59. The van der Waals surface area contributed by atoms with E-state index in [2.05, 4.69) is 102 Å². The largest absolute Gasteiger partial charge is 0.455 e. The Balaban J connectivity index is 1.69. The molecule has 0 aliphatic heterocycles. The molecule has 3 heteroatoms. The van der Waals surface area contributed by atoms with Crippen LogP contribution < -0.4 is 0 Å². The Labute approximate surface area is 203 Å². The Hall–Kier alpha value is -4.34. The molecular formula is C32H17NOS. The molecule has 9 rings (SSSR count). The van der Waals surface area contributed by atoms with Crippen molar-refractivity contribution < 1.29 is 4.42 Å². The topological polar surface area (TPSA) is 17.6 Å². The van der Waals surface area contributed by atoms with Crippen LogP contribution in [0, 0.1) is 0 Å². The molecule has 0 fully saturated rings. The normalized spacial score (nSPS) is 12.6. The number of aromatic nitrogens is 1. The summed E-state index contributed by atoms with van der Waals surface area (Å²) in [6.45, 7) is 0. The van der Waals surface area contributed by atoms with Crippen molar-refractivity contribution in [2.45, 2.75) is 0 Å². The fourth-order valence-electron chi connectivity index (χ4n) is 6.11. The van der Waals surface area contributed by atoms with Gasteiger partial charge in [0, 0.05) is 58.7 Å². The quantitative estimate of drug-likeness (QED) is 0.205. The van der Waals surface area contributed by atoms with Crippen LogP contribution in [-0.2, 0) is 0 Å². The standard InChI is InChI=1S/C32H17NOS/c1-2-8-19-18(7-1)17-33-24-15-13-21-20-9-3-5-11-25(20)34-32(21)28(24)23-14-16-27-29(30(23)31(19)33)22-10-4-6-12-26(22)35-27/h1-17H. The summed E-state index contributed by atoms with van der Waals surface area (Å²) in [5, 5.41) is 11.3. The van der Waals surface area contributed by atoms with Gasteiger partial charge in [0.25, 0.3) is 0 Å². The highest BCUT2D eigenvalue weighted by atomic mass is 32.1. The summed E-state index contributed by atoms with van der Waals surface area (Å²) in [5.41, 5.74) is 4.34. The predicted octanol–water partition coefficient (Wildman–Crippen LogP) is 9.67. The van der Waals surface area contributed by atoms with Gasteiger partial charge in [-0.25, -0.2) is 0 Å². The number of fused-ring (bicyclic) bond motifs is 16. The summed E-state index contributed by atoms with van der Waals surface area (Å²) in [4.78, 5) is 0. The van der Waals surface area contributed by atoms with Crippen LogP contribution in [0.3, 0.4) is 0 Å². The third kappa shape index (κ3) is 2.15. The third-order valence-electron chi connectivity index (χ3n) is 7.56. The molecule has 5 aromatic carbocycles. The summed E-state index contributed by atoms with van der Waals surface area (Å²) < 4.78 is 11.6. The molecule has 2 nitrogen and oxygen atoms in total. The van der Waals surface area contributed by atoms with Gasteiger partial charge in [0.1, 0.15) is 11.2 Å². The van der Waals surface area contributed by atoms with Crippen molar-refractivity contribution in [2.75, 3.05) is 0 Å². The first-order valence-electron chi connectivity index (χ1n) is 11.9. The smallest absolute Gasteiger partial charge is 0.145 e. The van der Waals surface area contributed by atoms with Crippen LogP contribution in [0.15, 0.2) is 108 Å². The first-order valence-corrected chi connectivity index (χ1v) is 12.7. The van der Waals surface area contributed by atoms with Crippen molar-refractivity contribution in [3.8, 4) is 0 Å². The first kappa shape index (κ1) is 18.0. The molecule has 162 valence electrons. The van der Waals surface area contributed by atoms with Gasteiger partial charge in [0.05, 0.1) is 11.0 Å². The number of thiophene rings is 1. The van der Waals surface area contributed by atoms with Crippen molar-refractivity contribution in [1.82, 2.24) is 4.40 Å². The molecule has 0 amide bonds. The Morgan fingerprint density at radius 1 is 0.543 bits per heavy atom. The van der Waals surface area contributed by atoms with E-state index in [9.17, 15) is 0 Å². The average molecular weight is 464 g/mol. The molecule has 4 aromatic heterocycles. The Bertz CT molecular complexity index is 2330. The maximum absolute atomic E-state index is 6.57. The molecule has 0 bridgehead atoms. The molecule has 9 aromatic rings. The number of hydrogen-bond acceptors (Lipinski definition) is 2. The van der Waals surface area contributed by atoms with Crippen molar-refractivity contribution in [3.05, 3.63) is 103 Å². The summed E-state index contributed by atoms with van der Waals surface area (Å²) >= 11 is 1.87. The summed E-state index contributed by atoms with van der Waals surface area (Å²) in [6, 6.07) is 35.0. The number of para-hydroxylation sites is 1. The Morgan fingerprint density at radius 2 is 1.31 bits per heavy atom. The highest BCUT2D eigenvalue weighted by Gasteiger charge is 2.20. The van der Waals surface area contributed by atoms with Gasteiger partial charge in [0.2, 0.25) is 0 Å². The fraction of sp³-hybridized carbons (Fsp3) is 0.